The van der Waals surface area contributed by atoms with Crippen LogP contribution in [0.1, 0.15) is 24.2 Å². The van der Waals surface area contributed by atoms with Gasteiger partial charge in [0.05, 0.1) is 24.0 Å². The van der Waals surface area contributed by atoms with Gasteiger partial charge in [0, 0.05) is 17.1 Å². The average molecular weight is 314 g/mol. The lowest BCUT2D eigenvalue weighted by molar-refractivity contribution is 0.0343. The molecule has 0 amide bonds. The number of morpholine rings is 1. The minimum atomic E-state index is -0.911. The monoisotopic (exact) mass is 313 g/mol. The Morgan fingerprint density at radius 1 is 1.50 bits per heavy atom. The van der Waals surface area contributed by atoms with E-state index in [9.17, 15) is 4.79 Å². The number of carboxylic acid groups (broad SMARTS) is 1. The summed E-state index contributed by atoms with van der Waals surface area (Å²) in [4.78, 5) is 13.1. The molecular weight excluding hydrogens is 298 g/mol. The molecule has 1 heterocycles. The largest absolute Gasteiger partial charge is 0.478 e. The second-order valence-corrected chi connectivity index (χ2v) is 5.47. The van der Waals surface area contributed by atoms with Crippen LogP contribution in [0.25, 0.3) is 0 Å². The summed E-state index contributed by atoms with van der Waals surface area (Å²) in [6, 6.07) is 5.41. The lowest BCUT2D eigenvalue weighted by atomic mass is 10.1. The summed E-state index contributed by atoms with van der Waals surface area (Å²) in [6.45, 7) is 5.64. The highest BCUT2D eigenvalue weighted by molar-refractivity contribution is 9.10. The molecule has 18 heavy (non-hydrogen) atoms. The number of carboxylic acids is 1. The van der Waals surface area contributed by atoms with E-state index in [-0.39, 0.29) is 12.1 Å². The number of carbonyl (C=O) groups is 1. The summed E-state index contributed by atoms with van der Waals surface area (Å²) in [5, 5.41) is 8.95. The lowest BCUT2D eigenvalue weighted by Crippen LogP contribution is -2.47. The SMILES string of the molecule is CC1CN(c2ccc(C(=O)O)cc2Br)C(C)CO1. The van der Waals surface area contributed by atoms with Crippen molar-refractivity contribution in [2.45, 2.75) is 26.0 Å². The van der Waals surface area contributed by atoms with E-state index in [4.69, 9.17) is 9.84 Å². The first-order valence-electron chi connectivity index (χ1n) is 5.90. The van der Waals surface area contributed by atoms with Crippen molar-refractivity contribution >= 4 is 27.6 Å². The predicted molar refractivity (Wildman–Crippen MR) is 73.3 cm³/mol. The zero-order valence-corrected chi connectivity index (χ0v) is 12.0. The van der Waals surface area contributed by atoms with Crippen LogP contribution < -0.4 is 4.90 Å². The minimum absolute atomic E-state index is 0.187. The third kappa shape index (κ3) is 2.67. The van der Waals surface area contributed by atoms with Crippen molar-refractivity contribution < 1.29 is 14.6 Å². The number of aromatic carboxylic acids is 1. The van der Waals surface area contributed by atoms with Crippen LogP contribution in [-0.2, 0) is 4.74 Å². The van der Waals surface area contributed by atoms with Gasteiger partial charge in [0.25, 0.3) is 0 Å². The summed E-state index contributed by atoms with van der Waals surface area (Å²) in [5.74, 6) is -0.911. The number of rotatable bonds is 2. The van der Waals surface area contributed by atoms with Crippen molar-refractivity contribution in [2.75, 3.05) is 18.1 Å². The van der Waals surface area contributed by atoms with Crippen LogP contribution in [0.3, 0.4) is 0 Å². The Bertz CT molecular complexity index is 464. The maximum atomic E-state index is 10.9. The number of benzene rings is 1. The van der Waals surface area contributed by atoms with Gasteiger partial charge in [-0.2, -0.15) is 0 Å². The molecule has 0 saturated carbocycles. The average Bonchev–Trinajstić information content (AvgIpc) is 2.32. The molecule has 1 aromatic rings. The van der Waals surface area contributed by atoms with Gasteiger partial charge in [0.2, 0.25) is 0 Å². The Labute approximate surface area is 115 Å². The third-order valence-corrected chi connectivity index (χ3v) is 3.75. The molecule has 1 saturated heterocycles. The van der Waals surface area contributed by atoms with Crippen molar-refractivity contribution in [1.82, 2.24) is 0 Å². The molecule has 1 aliphatic rings. The summed E-state index contributed by atoms with van der Waals surface area (Å²) in [7, 11) is 0. The van der Waals surface area contributed by atoms with E-state index in [2.05, 4.69) is 27.8 Å². The van der Waals surface area contributed by atoms with Gasteiger partial charge in [-0.15, -0.1) is 0 Å². The van der Waals surface area contributed by atoms with Gasteiger partial charge in [0.1, 0.15) is 0 Å². The van der Waals surface area contributed by atoms with E-state index in [1.807, 2.05) is 13.0 Å². The molecule has 98 valence electrons. The van der Waals surface area contributed by atoms with E-state index < -0.39 is 5.97 Å². The predicted octanol–water partition coefficient (Wildman–Crippen LogP) is 2.76. The third-order valence-electron chi connectivity index (χ3n) is 3.11. The van der Waals surface area contributed by atoms with Crippen molar-refractivity contribution in [3.63, 3.8) is 0 Å². The lowest BCUT2D eigenvalue weighted by Gasteiger charge is -2.39. The van der Waals surface area contributed by atoms with Gasteiger partial charge in [-0.25, -0.2) is 4.79 Å². The molecule has 1 fully saturated rings. The van der Waals surface area contributed by atoms with Crippen molar-refractivity contribution in [3.8, 4) is 0 Å². The Balaban J connectivity index is 2.30. The smallest absolute Gasteiger partial charge is 0.335 e. The molecule has 0 spiro atoms. The van der Waals surface area contributed by atoms with E-state index in [1.165, 1.54) is 0 Å². The summed E-state index contributed by atoms with van der Waals surface area (Å²) >= 11 is 3.45. The molecule has 0 bridgehead atoms. The van der Waals surface area contributed by atoms with Crippen molar-refractivity contribution in [3.05, 3.63) is 28.2 Å². The molecule has 2 atom stereocenters. The van der Waals surface area contributed by atoms with Crippen LogP contribution in [0, 0.1) is 0 Å². The zero-order valence-electron chi connectivity index (χ0n) is 10.4. The fraction of sp³-hybridized carbons (Fsp3) is 0.462. The molecule has 4 nitrogen and oxygen atoms in total. The van der Waals surface area contributed by atoms with Crippen LogP contribution >= 0.6 is 15.9 Å². The second-order valence-electron chi connectivity index (χ2n) is 4.62. The van der Waals surface area contributed by atoms with Gasteiger partial charge >= 0.3 is 5.97 Å². The first-order valence-corrected chi connectivity index (χ1v) is 6.69. The molecule has 0 radical (unpaired) electrons. The van der Waals surface area contributed by atoms with Gasteiger partial charge < -0.3 is 14.7 Å². The first kappa shape index (κ1) is 13.4. The molecule has 1 N–H and O–H groups in total. The minimum Gasteiger partial charge on any atom is -0.478 e. The number of halogens is 1. The zero-order chi connectivity index (χ0) is 13.3. The summed E-state index contributed by atoms with van der Waals surface area (Å²) < 4.78 is 6.40. The van der Waals surface area contributed by atoms with Crippen LogP contribution in [0.15, 0.2) is 22.7 Å². The molecule has 1 aliphatic heterocycles. The highest BCUT2D eigenvalue weighted by atomic mass is 79.9. The van der Waals surface area contributed by atoms with Gasteiger partial charge in [-0.05, 0) is 48.0 Å². The number of hydrogen-bond donors (Lipinski definition) is 1. The van der Waals surface area contributed by atoms with Crippen LogP contribution in [-0.4, -0.2) is 36.4 Å². The highest BCUT2D eigenvalue weighted by Crippen LogP contribution is 2.30. The van der Waals surface area contributed by atoms with Gasteiger partial charge in [-0.1, -0.05) is 0 Å². The maximum Gasteiger partial charge on any atom is 0.335 e. The highest BCUT2D eigenvalue weighted by Gasteiger charge is 2.25. The van der Waals surface area contributed by atoms with Gasteiger partial charge in [-0.3, -0.25) is 0 Å². The Morgan fingerprint density at radius 2 is 2.22 bits per heavy atom. The topological polar surface area (TPSA) is 49.8 Å². The molecular formula is C13H16BrNO3. The van der Waals surface area contributed by atoms with Crippen molar-refractivity contribution in [2.24, 2.45) is 0 Å². The molecule has 5 heteroatoms. The molecule has 1 aromatic carbocycles. The fourth-order valence-corrected chi connectivity index (χ4v) is 2.72. The van der Waals surface area contributed by atoms with E-state index in [0.717, 1.165) is 16.7 Å². The number of ether oxygens (including phenoxy) is 1. The Morgan fingerprint density at radius 3 is 2.83 bits per heavy atom. The Kier molecular flexibility index (Phi) is 3.92. The quantitative estimate of drug-likeness (QED) is 0.912. The molecule has 0 aliphatic carbocycles. The number of anilines is 1. The number of nitrogens with zero attached hydrogens (tertiary/aromatic N) is 1. The maximum absolute atomic E-state index is 10.9. The fourth-order valence-electron chi connectivity index (χ4n) is 2.11. The van der Waals surface area contributed by atoms with E-state index in [1.54, 1.807) is 12.1 Å². The normalized spacial score (nSPS) is 24.1. The molecule has 2 unspecified atom stereocenters. The number of hydrogen-bond acceptors (Lipinski definition) is 3. The van der Waals surface area contributed by atoms with Crippen LogP contribution in [0.4, 0.5) is 5.69 Å². The molecule has 0 aromatic heterocycles. The van der Waals surface area contributed by atoms with Crippen molar-refractivity contribution in [1.29, 1.82) is 0 Å². The van der Waals surface area contributed by atoms with E-state index in [0.29, 0.717) is 12.2 Å². The van der Waals surface area contributed by atoms with Gasteiger partial charge in [0.15, 0.2) is 0 Å². The van der Waals surface area contributed by atoms with Crippen LogP contribution in [0.2, 0.25) is 0 Å². The second kappa shape index (κ2) is 5.28. The van der Waals surface area contributed by atoms with Crippen LogP contribution in [0.5, 0.6) is 0 Å². The standard InChI is InChI=1S/C13H16BrNO3/c1-8-7-18-9(2)6-15(8)12-4-3-10(13(16)17)5-11(12)14/h3-5,8-9H,6-7H2,1-2H3,(H,16,17). The Hall–Kier alpha value is -1.07. The van der Waals surface area contributed by atoms with E-state index >= 15 is 0 Å². The molecule has 2 rings (SSSR count). The summed E-state index contributed by atoms with van der Waals surface area (Å²) in [5.41, 5.74) is 1.31. The first-order chi connectivity index (χ1) is 8.49. The summed E-state index contributed by atoms with van der Waals surface area (Å²) in [6.07, 6.45) is 0.187.